The molecule has 2 aromatic rings. The van der Waals surface area contributed by atoms with Crippen molar-refractivity contribution in [3.63, 3.8) is 0 Å². The van der Waals surface area contributed by atoms with Crippen molar-refractivity contribution in [3.05, 3.63) is 72.4 Å². The Morgan fingerprint density at radius 2 is 2.00 bits per heavy atom. The Bertz CT molecular complexity index is 1140. The number of allylic oxidation sites excluding steroid dienone is 4. The van der Waals surface area contributed by atoms with Gasteiger partial charge >= 0.3 is 0 Å². The van der Waals surface area contributed by atoms with E-state index in [0.717, 1.165) is 37.4 Å². The number of hydrogen-bond acceptors (Lipinski definition) is 6. The van der Waals surface area contributed by atoms with Crippen molar-refractivity contribution in [1.29, 1.82) is 5.26 Å². The van der Waals surface area contributed by atoms with Gasteiger partial charge in [0.25, 0.3) is 0 Å². The predicted molar refractivity (Wildman–Crippen MR) is 138 cm³/mol. The molecule has 2 saturated heterocycles. The first-order chi connectivity index (χ1) is 17.6. The molecule has 3 heterocycles. The van der Waals surface area contributed by atoms with Crippen molar-refractivity contribution in [1.82, 2.24) is 19.4 Å². The SMILES string of the molecule is C[C@H](C1=CCC(C#N)C=C1)n1cncc1CN1CCN(c2ccccc2)C(C(=O)N2CCOCC2)C1. The lowest BCUT2D eigenvalue weighted by molar-refractivity contribution is -0.137. The van der Waals surface area contributed by atoms with Crippen molar-refractivity contribution in [2.75, 3.05) is 50.8 Å². The van der Waals surface area contributed by atoms with Gasteiger partial charge in [0.2, 0.25) is 5.91 Å². The molecule has 2 aliphatic heterocycles. The number of ether oxygens (including phenoxy) is 1. The molecular weight excluding hydrogens is 452 g/mol. The van der Waals surface area contributed by atoms with Crippen LogP contribution in [0, 0.1) is 17.2 Å². The van der Waals surface area contributed by atoms with Crippen LogP contribution in [0.2, 0.25) is 0 Å². The molecule has 1 aliphatic carbocycles. The minimum Gasteiger partial charge on any atom is -0.378 e. The summed E-state index contributed by atoms with van der Waals surface area (Å²) < 4.78 is 7.70. The summed E-state index contributed by atoms with van der Waals surface area (Å²) in [6.45, 7) is 7.73. The molecular formula is C28H34N6O2. The molecule has 188 valence electrons. The molecule has 2 unspecified atom stereocenters. The Morgan fingerprint density at radius 3 is 2.72 bits per heavy atom. The van der Waals surface area contributed by atoms with Gasteiger partial charge in [0.05, 0.1) is 43.3 Å². The number of anilines is 1. The zero-order valence-corrected chi connectivity index (χ0v) is 20.9. The number of nitrogens with zero attached hydrogens (tertiary/aromatic N) is 6. The third kappa shape index (κ3) is 5.23. The van der Waals surface area contributed by atoms with E-state index in [1.54, 1.807) is 0 Å². The molecule has 8 heteroatoms. The van der Waals surface area contributed by atoms with Gasteiger partial charge in [0.15, 0.2) is 0 Å². The number of amides is 1. The minimum absolute atomic E-state index is 0.0370. The van der Waals surface area contributed by atoms with Crippen LogP contribution in [0.3, 0.4) is 0 Å². The van der Waals surface area contributed by atoms with E-state index in [4.69, 9.17) is 4.74 Å². The van der Waals surface area contributed by atoms with Gasteiger partial charge in [-0.05, 0) is 31.1 Å². The summed E-state index contributed by atoms with van der Waals surface area (Å²) in [4.78, 5) is 24.7. The molecule has 0 radical (unpaired) electrons. The summed E-state index contributed by atoms with van der Waals surface area (Å²) in [5.41, 5.74) is 3.43. The number of imidazole rings is 1. The van der Waals surface area contributed by atoms with E-state index in [1.807, 2.05) is 41.7 Å². The van der Waals surface area contributed by atoms with Crippen LogP contribution in [-0.2, 0) is 16.1 Å². The molecule has 1 aromatic carbocycles. The first-order valence-electron chi connectivity index (χ1n) is 12.8. The van der Waals surface area contributed by atoms with E-state index in [-0.39, 0.29) is 23.9 Å². The van der Waals surface area contributed by atoms with Gasteiger partial charge in [-0.3, -0.25) is 9.69 Å². The fraction of sp³-hybridized carbons (Fsp3) is 0.464. The summed E-state index contributed by atoms with van der Waals surface area (Å²) in [5, 5.41) is 9.17. The molecule has 0 bridgehead atoms. The zero-order valence-electron chi connectivity index (χ0n) is 20.9. The monoisotopic (exact) mass is 486 g/mol. The molecule has 5 rings (SSSR count). The van der Waals surface area contributed by atoms with Gasteiger partial charge < -0.3 is 19.1 Å². The fourth-order valence-electron chi connectivity index (χ4n) is 5.35. The summed E-state index contributed by atoms with van der Waals surface area (Å²) in [7, 11) is 0. The Morgan fingerprint density at radius 1 is 1.19 bits per heavy atom. The van der Waals surface area contributed by atoms with Gasteiger partial charge in [-0.15, -0.1) is 0 Å². The molecule has 3 aliphatic rings. The van der Waals surface area contributed by atoms with E-state index in [1.165, 1.54) is 5.57 Å². The van der Waals surface area contributed by atoms with E-state index in [9.17, 15) is 10.1 Å². The average molecular weight is 487 g/mol. The number of hydrogen-bond donors (Lipinski definition) is 0. The number of rotatable bonds is 6. The molecule has 8 nitrogen and oxygen atoms in total. The van der Waals surface area contributed by atoms with Crippen LogP contribution >= 0.6 is 0 Å². The molecule has 3 atom stereocenters. The lowest BCUT2D eigenvalue weighted by Gasteiger charge is -2.44. The summed E-state index contributed by atoms with van der Waals surface area (Å²) in [5.74, 6) is 0.142. The maximum Gasteiger partial charge on any atom is 0.246 e. The number of piperazine rings is 1. The summed E-state index contributed by atoms with van der Waals surface area (Å²) in [6.07, 6.45) is 10.8. The third-order valence-corrected chi connectivity index (χ3v) is 7.49. The van der Waals surface area contributed by atoms with Crippen LogP contribution in [-0.4, -0.2) is 77.2 Å². The zero-order chi connectivity index (χ0) is 24.9. The molecule has 36 heavy (non-hydrogen) atoms. The Hall–Kier alpha value is -3.41. The largest absolute Gasteiger partial charge is 0.378 e. The molecule has 0 spiro atoms. The fourth-order valence-corrected chi connectivity index (χ4v) is 5.35. The van der Waals surface area contributed by atoms with E-state index in [0.29, 0.717) is 32.8 Å². The highest BCUT2D eigenvalue weighted by atomic mass is 16.5. The van der Waals surface area contributed by atoms with Crippen LogP contribution in [0.25, 0.3) is 0 Å². The van der Waals surface area contributed by atoms with Crippen LogP contribution in [0.4, 0.5) is 5.69 Å². The minimum atomic E-state index is -0.236. The van der Waals surface area contributed by atoms with Crippen LogP contribution in [0.15, 0.2) is 66.7 Å². The number of morpholine rings is 1. The number of carbonyl (C=O) groups is 1. The number of para-hydroxylation sites is 1. The molecule has 1 aromatic heterocycles. The number of aromatic nitrogens is 2. The number of carbonyl (C=O) groups excluding carboxylic acids is 1. The highest BCUT2D eigenvalue weighted by molar-refractivity contribution is 5.86. The van der Waals surface area contributed by atoms with Gasteiger partial charge in [-0.25, -0.2) is 4.98 Å². The van der Waals surface area contributed by atoms with E-state index in [2.05, 4.69) is 56.6 Å². The van der Waals surface area contributed by atoms with Crippen molar-refractivity contribution in [2.24, 2.45) is 5.92 Å². The topological polar surface area (TPSA) is 77.6 Å². The Labute approximate surface area is 213 Å². The standard InChI is InChI=1S/C28H34N6O2/c1-22(24-9-7-23(17-29)8-10-24)34-21-30-18-26(34)19-31-11-12-33(25-5-3-2-4-6-25)27(20-31)28(35)32-13-15-36-16-14-32/h2-7,9-10,18,21-23,27H,8,11-16,19-20H2,1H3/t22-,23?,27?/m1/s1. The lowest BCUT2D eigenvalue weighted by atomic mass is 9.94. The quantitative estimate of drug-likeness (QED) is 0.625. The smallest absolute Gasteiger partial charge is 0.246 e. The maximum atomic E-state index is 13.7. The van der Waals surface area contributed by atoms with Crippen LogP contribution in [0.5, 0.6) is 0 Å². The van der Waals surface area contributed by atoms with Crippen LogP contribution in [0.1, 0.15) is 25.1 Å². The maximum absolute atomic E-state index is 13.7. The second kappa shape index (κ2) is 11.1. The van der Waals surface area contributed by atoms with E-state index >= 15 is 0 Å². The molecule has 0 saturated carbocycles. The number of benzene rings is 1. The Balaban J connectivity index is 1.32. The first kappa shape index (κ1) is 24.3. The molecule has 2 fully saturated rings. The van der Waals surface area contributed by atoms with E-state index < -0.39 is 0 Å². The summed E-state index contributed by atoms with van der Waals surface area (Å²) in [6, 6.07) is 12.5. The van der Waals surface area contributed by atoms with Gasteiger partial charge in [0.1, 0.15) is 6.04 Å². The van der Waals surface area contributed by atoms with Gasteiger partial charge in [-0.1, -0.05) is 36.4 Å². The van der Waals surface area contributed by atoms with Crippen molar-refractivity contribution in [3.8, 4) is 6.07 Å². The third-order valence-electron chi connectivity index (χ3n) is 7.49. The van der Waals surface area contributed by atoms with Gasteiger partial charge in [0, 0.05) is 51.2 Å². The molecule has 0 N–H and O–H groups in total. The second-order valence-electron chi connectivity index (χ2n) is 9.72. The predicted octanol–water partition coefficient (Wildman–Crippen LogP) is 3.02. The van der Waals surface area contributed by atoms with Gasteiger partial charge in [-0.2, -0.15) is 5.26 Å². The van der Waals surface area contributed by atoms with Crippen LogP contribution < -0.4 is 4.90 Å². The average Bonchev–Trinajstić information content (AvgIpc) is 3.41. The van der Waals surface area contributed by atoms with Crippen molar-refractivity contribution < 1.29 is 9.53 Å². The Kier molecular flexibility index (Phi) is 7.49. The van der Waals surface area contributed by atoms with Crippen molar-refractivity contribution in [2.45, 2.75) is 32.0 Å². The first-order valence-corrected chi connectivity index (χ1v) is 12.8. The lowest BCUT2D eigenvalue weighted by Crippen LogP contribution is -2.60. The van der Waals surface area contributed by atoms with Crippen molar-refractivity contribution >= 4 is 11.6 Å². The highest BCUT2D eigenvalue weighted by Crippen LogP contribution is 2.28. The second-order valence-corrected chi connectivity index (χ2v) is 9.72. The molecule has 1 amide bonds. The number of nitriles is 1. The highest BCUT2D eigenvalue weighted by Gasteiger charge is 2.36. The normalized spacial score (nSPS) is 23.7. The summed E-state index contributed by atoms with van der Waals surface area (Å²) >= 11 is 0.